The van der Waals surface area contributed by atoms with Crippen molar-refractivity contribution in [2.45, 2.75) is 26.3 Å². The van der Waals surface area contributed by atoms with Crippen LogP contribution in [-0.2, 0) is 0 Å². The van der Waals surface area contributed by atoms with E-state index in [1.165, 1.54) is 5.56 Å². The molecule has 0 amide bonds. The lowest BCUT2D eigenvalue weighted by molar-refractivity contribution is 0.610. The molecule has 2 heteroatoms. The standard InChI is InChI=1S/C12H16N2/c1-4-5-6-12(13-3)11-7-8-14-10(2)9-11/h7-9,12-13H,6H2,1-3H3. The zero-order chi connectivity index (χ0) is 10.4. The first kappa shape index (κ1) is 10.7. The minimum atomic E-state index is 0.309. The van der Waals surface area contributed by atoms with Crippen LogP contribution in [0.2, 0.25) is 0 Å². The van der Waals surface area contributed by atoms with Gasteiger partial charge in [0.25, 0.3) is 0 Å². The summed E-state index contributed by atoms with van der Waals surface area (Å²) >= 11 is 0. The lowest BCUT2D eigenvalue weighted by atomic mass is 10.0. The van der Waals surface area contributed by atoms with E-state index >= 15 is 0 Å². The third-order valence-corrected chi connectivity index (χ3v) is 2.15. The third-order valence-electron chi connectivity index (χ3n) is 2.15. The molecule has 0 saturated heterocycles. The number of rotatable bonds is 3. The maximum atomic E-state index is 4.17. The van der Waals surface area contributed by atoms with Crippen LogP contribution in [0, 0.1) is 18.8 Å². The van der Waals surface area contributed by atoms with Crippen LogP contribution in [0.5, 0.6) is 0 Å². The number of aryl methyl sites for hydroxylation is 1. The molecule has 1 aromatic heterocycles. The number of hydrogen-bond donors (Lipinski definition) is 1. The van der Waals surface area contributed by atoms with Gasteiger partial charge < -0.3 is 5.32 Å². The van der Waals surface area contributed by atoms with Crippen molar-refractivity contribution < 1.29 is 0 Å². The fourth-order valence-corrected chi connectivity index (χ4v) is 1.37. The molecule has 0 aromatic carbocycles. The molecule has 1 rings (SSSR count). The molecule has 2 nitrogen and oxygen atoms in total. The molecular weight excluding hydrogens is 172 g/mol. The lowest BCUT2D eigenvalue weighted by Gasteiger charge is -2.13. The van der Waals surface area contributed by atoms with Crippen LogP contribution in [0.3, 0.4) is 0 Å². The quantitative estimate of drug-likeness (QED) is 0.734. The molecule has 74 valence electrons. The number of aromatic nitrogens is 1. The first-order valence-electron chi connectivity index (χ1n) is 4.77. The van der Waals surface area contributed by atoms with Crippen LogP contribution < -0.4 is 5.32 Å². The van der Waals surface area contributed by atoms with Gasteiger partial charge >= 0.3 is 0 Å². The Morgan fingerprint density at radius 1 is 1.57 bits per heavy atom. The van der Waals surface area contributed by atoms with Crippen molar-refractivity contribution >= 4 is 0 Å². The fraction of sp³-hybridized carbons (Fsp3) is 0.417. The van der Waals surface area contributed by atoms with Crippen molar-refractivity contribution in [3.8, 4) is 11.8 Å². The molecule has 1 unspecified atom stereocenters. The fourth-order valence-electron chi connectivity index (χ4n) is 1.37. The monoisotopic (exact) mass is 188 g/mol. The molecule has 0 bridgehead atoms. The summed E-state index contributed by atoms with van der Waals surface area (Å²) in [7, 11) is 1.96. The molecule has 0 aliphatic rings. The van der Waals surface area contributed by atoms with Crippen molar-refractivity contribution in [1.82, 2.24) is 10.3 Å². The highest BCUT2D eigenvalue weighted by atomic mass is 14.9. The predicted octanol–water partition coefficient (Wildman–Crippen LogP) is 2.06. The number of hydrogen-bond acceptors (Lipinski definition) is 2. The molecule has 0 aliphatic heterocycles. The van der Waals surface area contributed by atoms with E-state index in [1.54, 1.807) is 0 Å². The molecule has 0 spiro atoms. The molecule has 14 heavy (non-hydrogen) atoms. The summed E-state index contributed by atoms with van der Waals surface area (Å²) in [5.74, 6) is 6.00. The Kier molecular flexibility index (Phi) is 4.15. The van der Waals surface area contributed by atoms with E-state index < -0.39 is 0 Å². The van der Waals surface area contributed by atoms with E-state index in [4.69, 9.17) is 0 Å². The predicted molar refractivity (Wildman–Crippen MR) is 58.8 cm³/mol. The number of pyridine rings is 1. The van der Waals surface area contributed by atoms with Gasteiger partial charge in [-0.25, -0.2) is 0 Å². The van der Waals surface area contributed by atoms with Crippen molar-refractivity contribution in [3.63, 3.8) is 0 Å². The van der Waals surface area contributed by atoms with Crippen LogP contribution in [0.15, 0.2) is 18.3 Å². The molecule has 1 N–H and O–H groups in total. The van der Waals surface area contributed by atoms with Crippen molar-refractivity contribution in [1.29, 1.82) is 0 Å². The summed E-state index contributed by atoms with van der Waals surface area (Å²) < 4.78 is 0. The van der Waals surface area contributed by atoms with Gasteiger partial charge in [-0.05, 0) is 38.6 Å². The van der Waals surface area contributed by atoms with E-state index in [2.05, 4.69) is 28.2 Å². The van der Waals surface area contributed by atoms with Crippen molar-refractivity contribution in [2.75, 3.05) is 7.05 Å². The minimum Gasteiger partial charge on any atom is -0.312 e. The SMILES string of the molecule is CC#CCC(NC)c1ccnc(C)c1. The third kappa shape index (κ3) is 2.86. The van der Waals surface area contributed by atoms with Crippen molar-refractivity contribution in [2.24, 2.45) is 0 Å². The molecule has 1 heterocycles. The summed E-state index contributed by atoms with van der Waals surface area (Å²) in [5.41, 5.74) is 2.30. The van der Waals surface area contributed by atoms with E-state index in [-0.39, 0.29) is 0 Å². The minimum absolute atomic E-state index is 0.309. The molecule has 0 aliphatic carbocycles. The summed E-state index contributed by atoms with van der Waals surface area (Å²) in [6.07, 6.45) is 2.69. The Morgan fingerprint density at radius 2 is 2.36 bits per heavy atom. The van der Waals surface area contributed by atoms with Gasteiger partial charge in [0.1, 0.15) is 0 Å². The second kappa shape index (κ2) is 5.41. The lowest BCUT2D eigenvalue weighted by Crippen LogP contribution is -2.15. The zero-order valence-electron chi connectivity index (χ0n) is 8.96. The first-order valence-corrected chi connectivity index (χ1v) is 4.77. The molecule has 0 fully saturated rings. The Bertz CT molecular complexity index is 347. The highest BCUT2D eigenvalue weighted by molar-refractivity contribution is 5.21. The van der Waals surface area contributed by atoms with E-state index in [0.29, 0.717) is 6.04 Å². The highest BCUT2D eigenvalue weighted by Crippen LogP contribution is 2.15. The Labute approximate surface area is 85.8 Å². The van der Waals surface area contributed by atoms with E-state index in [0.717, 1.165) is 12.1 Å². The average Bonchev–Trinajstić information content (AvgIpc) is 2.19. The summed E-state index contributed by atoms with van der Waals surface area (Å²) in [5, 5.41) is 3.25. The molecule has 0 saturated carbocycles. The van der Waals surface area contributed by atoms with E-state index in [9.17, 15) is 0 Å². The van der Waals surface area contributed by atoms with Crippen LogP contribution in [-0.4, -0.2) is 12.0 Å². The second-order valence-electron chi connectivity index (χ2n) is 3.20. The van der Waals surface area contributed by atoms with Crippen LogP contribution in [0.25, 0.3) is 0 Å². The number of nitrogens with one attached hydrogen (secondary N) is 1. The number of nitrogens with zero attached hydrogens (tertiary/aromatic N) is 1. The van der Waals surface area contributed by atoms with Gasteiger partial charge in [-0.15, -0.1) is 11.8 Å². The van der Waals surface area contributed by atoms with Gasteiger partial charge in [0.05, 0.1) is 0 Å². The van der Waals surface area contributed by atoms with Gasteiger partial charge in [0.2, 0.25) is 0 Å². The Hall–Kier alpha value is -1.33. The summed E-state index contributed by atoms with van der Waals surface area (Å²) in [4.78, 5) is 4.17. The zero-order valence-corrected chi connectivity index (χ0v) is 8.96. The molecular formula is C12H16N2. The van der Waals surface area contributed by atoms with Gasteiger partial charge in [-0.1, -0.05) is 0 Å². The van der Waals surface area contributed by atoms with Crippen LogP contribution in [0.1, 0.15) is 30.6 Å². The normalized spacial score (nSPS) is 11.6. The van der Waals surface area contributed by atoms with Gasteiger partial charge in [-0.2, -0.15) is 0 Å². The smallest absolute Gasteiger partial charge is 0.0429 e. The Balaban J connectivity index is 2.81. The first-order chi connectivity index (χ1) is 6.77. The summed E-state index contributed by atoms with van der Waals surface area (Å²) in [6, 6.07) is 4.44. The second-order valence-corrected chi connectivity index (χ2v) is 3.20. The molecule has 0 radical (unpaired) electrons. The van der Waals surface area contributed by atoms with E-state index in [1.807, 2.05) is 33.2 Å². The maximum Gasteiger partial charge on any atom is 0.0429 e. The van der Waals surface area contributed by atoms with Gasteiger partial charge in [0.15, 0.2) is 0 Å². The Morgan fingerprint density at radius 3 is 2.93 bits per heavy atom. The topological polar surface area (TPSA) is 24.9 Å². The average molecular weight is 188 g/mol. The van der Waals surface area contributed by atoms with Gasteiger partial charge in [0, 0.05) is 24.4 Å². The van der Waals surface area contributed by atoms with Crippen molar-refractivity contribution in [3.05, 3.63) is 29.6 Å². The largest absolute Gasteiger partial charge is 0.312 e. The highest BCUT2D eigenvalue weighted by Gasteiger charge is 2.06. The summed E-state index contributed by atoms with van der Waals surface area (Å²) in [6.45, 7) is 3.87. The van der Waals surface area contributed by atoms with Crippen LogP contribution >= 0.6 is 0 Å². The molecule has 1 aromatic rings. The van der Waals surface area contributed by atoms with Crippen LogP contribution in [0.4, 0.5) is 0 Å². The maximum absolute atomic E-state index is 4.17. The van der Waals surface area contributed by atoms with Gasteiger partial charge in [-0.3, -0.25) is 4.98 Å². The molecule has 1 atom stereocenters.